The van der Waals surface area contributed by atoms with Crippen LogP contribution in [0.2, 0.25) is 0 Å². The van der Waals surface area contributed by atoms with E-state index >= 15 is 0 Å². The first kappa shape index (κ1) is 18.2. The minimum atomic E-state index is -4.03. The summed E-state index contributed by atoms with van der Waals surface area (Å²) in [7, 11) is -4.03. The molecule has 11 heteroatoms. The molecule has 0 spiro atoms. The zero-order valence-electron chi connectivity index (χ0n) is 12.9. The number of nitro groups is 1. The molecule has 1 heterocycles. The Bertz CT molecular complexity index is 883. The SMILES string of the molecule is CC1(C)C(N)=N[C@](C)(c2c(F)c(F)cc([N+](=O)[O-])c2F)CS1(=O)=O. The van der Waals surface area contributed by atoms with Gasteiger partial charge in [-0.1, -0.05) is 0 Å². The molecule has 0 bridgehead atoms. The molecule has 0 aliphatic carbocycles. The van der Waals surface area contributed by atoms with E-state index in [9.17, 15) is 31.7 Å². The summed E-state index contributed by atoms with van der Waals surface area (Å²) in [5, 5.41) is 10.8. The van der Waals surface area contributed by atoms with Crippen LogP contribution >= 0.6 is 0 Å². The van der Waals surface area contributed by atoms with Crippen molar-refractivity contribution < 1.29 is 26.5 Å². The molecular weight excluding hydrogens is 351 g/mol. The molecule has 7 nitrogen and oxygen atoms in total. The number of sulfone groups is 1. The van der Waals surface area contributed by atoms with Gasteiger partial charge in [-0.15, -0.1) is 0 Å². The first-order valence-electron chi connectivity index (χ1n) is 6.65. The summed E-state index contributed by atoms with van der Waals surface area (Å²) in [5.41, 5.74) is 1.04. The van der Waals surface area contributed by atoms with Gasteiger partial charge in [-0.3, -0.25) is 15.1 Å². The number of nitro benzene ring substituents is 1. The molecule has 1 aromatic carbocycles. The lowest BCUT2D eigenvalue weighted by molar-refractivity contribution is -0.387. The highest BCUT2D eigenvalue weighted by atomic mass is 32.2. The van der Waals surface area contributed by atoms with E-state index < -0.39 is 65.3 Å². The van der Waals surface area contributed by atoms with Crippen LogP contribution in [0.5, 0.6) is 0 Å². The number of amidine groups is 1. The highest BCUT2D eigenvalue weighted by Crippen LogP contribution is 2.41. The van der Waals surface area contributed by atoms with Gasteiger partial charge in [0.25, 0.3) is 0 Å². The molecule has 24 heavy (non-hydrogen) atoms. The van der Waals surface area contributed by atoms with E-state index in [2.05, 4.69) is 4.99 Å². The highest BCUT2D eigenvalue weighted by Gasteiger charge is 2.51. The number of nitrogens with two attached hydrogens (primary N) is 1. The van der Waals surface area contributed by atoms with Crippen molar-refractivity contribution >= 4 is 21.4 Å². The Hall–Kier alpha value is -2.17. The zero-order chi connectivity index (χ0) is 18.7. The Morgan fingerprint density at radius 2 is 1.79 bits per heavy atom. The second kappa shape index (κ2) is 5.16. The molecule has 0 saturated heterocycles. The van der Waals surface area contributed by atoms with Gasteiger partial charge in [0.2, 0.25) is 5.82 Å². The van der Waals surface area contributed by atoms with Crippen LogP contribution in [0.25, 0.3) is 0 Å². The Labute approximate surface area is 135 Å². The monoisotopic (exact) mass is 365 g/mol. The van der Waals surface area contributed by atoms with E-state index in [1.54, 1.807) is 0 Å². The van der Waals surface area contributed by atoms with E-state index in [4.69, 9.17) is 5.73 Å². The van der Waals surface area contributed by atoms with Crippen LogP contribution in [0.4, 0.5) is 18.9 Å². The van der Waals surface area contributed by atoms with Crippen LogP contribution in [0.3, 0.4) is 0 Å². The average molecular weight is 365 g/mol. The van der Waals surface area contributed by atoms with E-state index in [0.717, 1.165) is 6.92 Å². The number of rotatable bonds is 2. The highest BCUT2D eigenvalue weighted by molar-refractivity contribution is 7.93. The number of hydrogen-bond donors (Lipinski definition) is 1. The lowest BCUT2D eigenvalue weighted by Crippen LogP contribution is -2.55. The molecule has 0 amide bonds. The van der Waals surface area contributed by atoms with Crippen molar-refractivity contribution in [2.45, 2.75) is 31.1 Å². The smallest absolute Gasteiger partial charge is 0.308 e. The molecule has 1 atom stereocenters. The van der Waals surface area contributed by atoms with E-state index in [-0.39, 0.29) is 6.07 Å². The van der Waals surface area contributed by atoms with Gasteiger partial charge in [-0.25, -0.2) is 17.2 Å². The first-order valence-corrected chi connectivity index (χ1v) is 8.30. The van der Waals surface area contributed by atoms with Crippen molar-refractivity contribution in [1.82, 2.24) is 0 Å². The lowest BCUT2D eigenvalue weighted by atomic mass is 9.92. The molecule has 0 aromatic heterocycles. The molecular formula is C13H14F3N3O4S. The van der Waals surface area contributed by atoms with Gasteiger partial charge >= 0.3 is 5.69 Å². The molecule has 132 valence electrons. The fourth-order valence-corrected chi connectivity index (χ4v) is 4.14. The van der Waals surface area contributed by atoms with Gasteiger partial charge in [-0.2, -0.15) is 4.39 Å². The average Bonchev–Trinajstić information content (AvgIpc) is 2.40. The third kappa shape index (κ3) is 2.43. The molecule has 0 saturated carbocycles. The molecule has 1 aliphatic rings. The van der Waals surface area contributed by atoms with Gasteiger partial charge in [0.05, 0.1) is 22.3 Å². The molecule has 2 N–H and O–H groups in total. The van der Waals surface area contributed by atoms with E-state index in [0.29, 0.717) is 0 Å². The minimum Gasteiger partial charge on any atom is -0.386 e. The maximum Gasteiger partial charge on any atom is 0.308 e. The second-order valence-corrected chi connectivity index (χ2v) is 8.72. The van der Waals surface area contributed by atoms with Crippen LogP contribution in [-0.2, 0) is 15.4 Å². The fourth-order valence-electron chi connectivity index (χ4n) is 2.47. The zero-order valence-corrected chi connectivity index (χ0v) is 13.7. The van der Waals surface area contributed by atoms with E-state index in [1.165, 1.54) is 13.8 Å². The molecule has 0 fully saturated rings. The first-order chi connectivity index (χ1) is 10.7. The number of nitrogens with zero attached hydrogens (tertiary/aromatic N) is 2. The fraction of sp³-hybridized carbons (Fsp3) is 0.462. The van der Waals surface area contributed by atoms with Crippen LogP contribution in [0.15, 0.2) is 11.1 Å². The third-order valence-corrected chi connectivity index (χ3v) is 6.81. The summed E-state index contributed by atoms with van der Waals surface area (Å²) in [5.74, 6) is -6.43. The molecule has 1 aliphatic heterocycles. The maximum atomic E-state index is 14.4. The van der Waals surface area contributed by atoms with Crippen molar-refractivity contribution in [3.8, 4) is 0 Å². The topological polar surface area (TPSA) is 116 Å². The van der Waals surface area contributed by atoms with Gasteiger partial charge in [0.1, 0.15) is 16.1 Å². The third-order valence-electron chi connectivity index (χ3n) is 4.10. The Morgan fingerprint density at radius 1 is 1.25 bits per heavy atom. The van der Waals surface area contributed by atoms with Crippen molar-refractivity contribution in [3.63, 3.8) is 0 Å². The number of aliphatic imine (C=N–C) groups is 1. The van der Waals surface area contributed by atoms with Crippen LogP contribution in [0, 0.1) is 27.6 Å². The van der Waals surface area contributed by atoms with Gasteiger partial charge < -0.3 is 5.73 Å². The quantitative estimate of drug-likeness (QED) is 0.487. The predicted octanol–water partition coefficient (Wildman–Crippen LogP) is 1.79. The largest absolute Gasteiger partial charge is 0.386 e. The molecule has 2 rings (SSSR count). The molecule has 0 radical (unpaired) electrons. The predicted molar refractivity (Wildman–Crippen MR) is 79.8 cm³/mol. The summed E-state index contributed by atoms with van der Waals surface area (Å²) in [6.07, 6.45) is 0. The normalized spacial score (nSPS) is 25.2. The summed E-state index contributed by atoms with van der Waals surface area (Å²) >= 11 is 0. The Balaban J connectivity index is 2.86. The second-order valence-electron chi connectivity index (χ2n) is 6.18. The van der Waals surface area contributed by atoms with Crippen LogP contribution in [0.1, 0.15) is 26.3 Å². The van der Waals surface area contributed by atoms with Crippen LogP contribution in [-0.4, -0.2) is 29.7 Å². The number of halogens is 3. The summed E-state index contributed by atoms with van der Waals surface area (Å²) in [4.78, 5) is 13.4. The Morgan fingerprint density at radius 3 is 2.25 bits per heavy atom. The lowest BCUT2D eigenvalue weighted by Gasteiger charge is -2.37. The minimum absolute atomic E-state index is 0.0891. The number of hydrogen-bond acceptors (Lipinski definition) is 6. The van der Waals surface area contributed by atoms with Gasteiger partial charge in [0.15, 0.2) is 21.5 Å². The molecule has 1 aromatic rings. The maximum absolute atomic E-state index is 14.4. The van der Waals surface area contributed by atoms with Crippen LogP contribution < -0.4 is 5.73 Å². The van der Waals surface area contributed by atoms with Crippen molar-refractivity contribution in [3.05, 3.63) is 39.2 Å². The molecule has 0 unspecified atom stereocenters. The summed E-state index contributed by atoms with van der Waals surface area (Å²) in [6.45, 7) is 3.56. The number of benzene rings is 1. The standard InChI is InChI=1S/C13H14F3N3O4S/c1-12(2)11(17)18-13(3,5-24(12,22)23)8-9(15)6(14)4-7(10(8)16)19(20)21/h4H,5H2,1-3H3,(H2,17,18)/t13-/m0/s1. The summed E-state index contributed by atoms with van der Waals surface area (Å²) < 4.78 is 65.5. The van der Waals surface area contributed by atoms with Gasteiger partial charge in [0, 0.05) is 0 Å². The van der Waals surface area contributed by atoms with Crippen molar-refractivity contribution in [1.29, 1.82) is 0 Å². The Kier molecular flexibility index (Phi) is 3.91. The van der Waals surface area contributed by atoms with E-state index in [1.807, 2.05) is 0 Å². The van der Waals surface area contributed by atoms with Crippen molar-refractivity contribution in [2.75, 3.05) is 5.75 Å². The van der Waals surface area contributed by atoms with Gasteiger partial charge in [-0.05, 0) is 20.8 Å². The van der Waals surface area contributed by atoms with Crippen molar-refractivity contribution in [2.24, 2.45) is 10.7 Å². The summed E-state index contributed by atoms with van der Waals surface area (Å²) in [6, 6.07) is 0.0891.